The highest BCUT2D eigenvalue weighted by molar-refractivity contribution is 5.95. The number of carbonyl (C=O) groups is 2. The lowest BCUT2D eigenvalue weighted by atomic mass is 9.66. The van der Waals surface area contributed by atoms with Gasteiger partial charge in [-0.2, -0.15) is 0 Å². The van der Waals surface area contributed by atoms with E-state index in [-0.39, 0.29) is 36.0 Å². The molecule has 2 aliphatic carbocycles. The van der Waals surface area contributed by atoms with Gasteiger partial charge in [-0.05, 0) is 73.3 Å². The van der Waals surface area contributed by atoms with Gasteiger partial charge in [-0.25, -0.2) is 4.79 Å². The van der Waals surface area contributed by atoms with Crippen molar-refractivity contribution in [2.24, 2.45) is 23.7 Å². The highest BCUT2D eigenvalue weighted by atomic mass is 16.6. The maximum Gasteiger partial charge on any atom is 0.338 e. The third-order valence-corrected chi connectivity index (χ3v) is 10.3. The average molecular weight is 505 g/mol. The molecule has 2 saturated carbocycles. The van der Waals surface area contributed by atoms with Gasteiger partial charge in [-0.3, -0.25) is 4.79 Å². The summed E-state index contributed by atoms with van der Waals surface area (Å²) in [5.41, 5.74) is -0.566. The molecule has 2 aromatic rings. The molecule has 37 heavy (non-hydrogen) atoms. The van der Waals surface area contributed by atoms with Crippen molar-refractivity contribution in [3.05, 3.63) is 48.0 Å². The lowest BCUT2D eigenvalue weighted by molar-refractivity contribution is -0.265. The second kappa shape index (κ2) is 9.41. The van der Waals surface area contributed by atoms with Gasteiger partial charge in [0.15, 0.2) is 0 Å². The van der Waals surface area contributed by atoms with Gasteiger partial charge in [0.2, 0.25) is 0 Å². The Morgan fingerprint density at radius 1 is 0.973 bits per heavy atom. The topological polar surface area (TPSA) is 61.8 Å². The van der Waals surface area contributed by atoms with Crippen LogP contribution in [0.2, 0.25) is 0 Å². The van der Waals surface area contributed by atoms with Crippen molar-refractivity contribution in [2.75, 3.05) is 0 Å². The molecule has 2 heterocycles. The Hall–Kier alpha value is -2.40. The van der Waals surface area contributed by atoms with Crippen LogP contribution in [0.4, 0.5) is 0 Å². The quantitative estimate of drug-likeness (QED) is 0.416. The zero-order valence-electron chi connectivity index (χ0n) is 22.4. The zero-order valence-corrected chi connectivity index (χ0v) is 22.4. The molecule has 7 atom stereocenters. The van der Waals surface area contributed by atoms with E-state index in [0.29, 0.717) is 30.2 Å². The van der Waals surface area contributed by atoms with Gasteiger partial charge in [-0.15, -0.1) is 0 Å². The Bertz CT molecular complexity index is 1180. The predicted molar refractivity (Wildman–Crippen MR) is 142 cm³/mol. The van der Waals surface area contributed by atoms with Gasteiger partial charge >= 0.3 is 11.9 Å². The van der Waals surface area contributed by atoms with Crippen LogP contribution in [0.25, 0.3) is 10.8 Å². The molecule has 0 radical (unpaired) electrons. The molecule has 0 N–H and O–H groups in total. The maximum atomic E-state index is 13.8. The molecule has 4 aliphatic rings. The Morgan fingerprint density at radius 3 is 2.49 bits per heavy atom. The van der Waals surface area contributed by atoms with E-state index in [1.807, 2.05) is 43.3 Å². The average Bonchev–Trinajstić information content (AvgIpc) is 3.44. The van der Waals surface area contributed by atoms with Gasteiger partial charge in [0.25, 0.3) is 0 Å². The molecule has 7 unspecified atom stereocenters. The van der Waals surface area contributed by atoms with Crippen molar-refractivity contribution in [1.29, 1.82) is 0 Å². The Morgan fingerprint density at radius 2 is 1.73 bits per heavy atom. The largest absolute Gasteiger partial charge is 0.459 e. The Balaban J connectivity index is 1.40. The van der Waals surface area contributed by atoms with Crippen molar-refractivity contribution in [2.45, 2.75) is 102 Å². The van der Waals surface area contributed by atoms with Crippen molar-refractivity contribution in [1.82, 2.24) is 0 Å². The van der Waals surface area contributed by atoms with Crippen LogP contribution in [0.5, 0.6) is 0 Å². The third-order valence-electron chi connectivity index (χ3n) is 10.3. The van der Waals surface area contributed by atoms with E-state index >= 15 is 0 Å². The molecule has 198 valence electrons. The molecule has 5 heteroatoms. The van der Waals surface area contributed by atoms with Crippen LogP contribution < -0.4 is 0 Å². The summed E-state index contributed by atoms with van der Waals surface area (Å²) in [4.78, 5) is 26.3. The lowest BCUT2D eigenvalue weighted by Gasteiger charge is -2.54. The molecule has 2 bridgehead atoms. The Kier molecular flexibility index (Phi) is 6.34. The fourth-order valence-electron chi connectivity index (χ4n) is 8.38. The molecule has 0 aromatic heterocycles. The summed E-state index contributed by atoms with van der Waals surface area (Å²) < 4.78 is 19.9. The first-order valence-electron chi connectivity index (χ1n) is 14.4. The van der Waals surface area contributed by atoms with E-state index in [0.717, 1.165) is 36.5 Å². The highest BCUT2D eigenvalue weighted by Gasteiger charge is 2.73. The summed E-state index contributed by atoms with van der Waals surface area (Å²) >= 11 is 0. The number of fused-ring (bicyclic) bond motifs is 5. The van der Waals surface area contributed by atoms with Gasteiger partial charge in [0.05, 0.1) is 5.56 Å². The first-order chi connectivity index (χ1) is 17.9. The maximum absolute atomic E-state index is 13.8. The molecular weight excluding hydrogens is 464 g/mol. The second-order valence-electron chi connectivity index (χ2n) is 12.2. The fraction of sp³-hybridized carbons (Fsp3) is 0.625. The second-order valence-corrected chi connectivity index (χ2v) is 12.2. The van der Waals surface area contributed by atoms with Crippen molar-refractivity contribution >= 4 is 22.7 Å². The fourth-order valence-corrected chi connectivity index (χ4v) is 8.38. The van der Waals surface area contributed by atoms with E-state index in [2.05, 4.69) is 19.9 Å². The number of hydrogen-bond donors (Lipinski definition) is 0. The minimum Gasteiger partial charge on any atom is -0.459 e. The number of ether oxygens (including phenoxy) is 3. The predicted octanol–water partition coefficient (Wildman–Crippen LogP) is 6.86. The number of hydrogen-bond acceptors (Lipinski definition) is 5. The number of rotatable bonds is 5. The van der Waals surface area contributed by atoms with Gasteiger partial charge in [0.1, 0.15) is 23.4 Å². The van der Waals surface area contributed by atoms with Crippen molar-refractivity contribution < 1.29 is 23.8 Å². The summed E-state index contributed by atoms with van der Waals surface area (Å²) in [5, 5.41) is 2.14. The highest BCUT2D eigenvalue weighted by Crippen LogP contribution is 2.64. The molecule has 0 amide bonds. The van der Waals surface area contributed by atoms with Crippen molar-refractivity contribution in [3.8, 4) is 0 Å². The smallest absolute Gasteiger partial charge is 0.338 e. The van der Waals surface area contributed by atoms with Crippen LogP contribution >= 0.6 is 0 Å². The molecule has 2 aromatic carbocycles. The number of benzene rings is 2. The van der Waals surface area contributed by atoms with E-state index < -0.39 is 11.2 Å². The number of carbonyl (C=O) groups excluding carboxylic acids is 2. The van der Waals surface area contributed by atoms with E-state index in [4.69, 9.17) is 14.2 Å². The summed E-state index contributed by atoms with van der Waals surface area (Å²) in [7, 11) is 0. The SMILES string of the molecule is CCC(=O)OC1CC2(C3CCCCC3)OC1(C)C1CCC(C)C1C2OC(=O)c1ccc2ccccc2c1. The molecule has 0 spiro atoms. The van der Waals surface area contributed by atoms with E-state index in [1.165, 1.54) is 19.3 Å². The van der Waals surface area contributed by atoms with Crippen LogP contribution in [0.15, 0.2) is 42.5 Å². The molecule has 2 saturated heterocycles. The summed E-state index contributed by atoms with van der Waals surface area (Å²) in [6.45, 7) is 6.32. The van der Waals surface area contributed by atoms with Crippen LogP contribution in [0.3, 0.4) is 0 Å². The summed E-state index contributed by atoms with van der Waals surface area (Å²) in [5.74, 6) is 0.680. The molecule has 5 nitrogen and oxygen atoms in total. The monoisotopic (exact) mass is 504 g/mol. The molecule has 4 fully saturated rings. The van der Waals surface area contributed by atoms with E-state index in [1.54, 1.807) is 0 Å². The molecule has 6 rings (SSSR count). The van der Waals surface area contributed by atoms with Crippen LogP contribution in [0.1, 0.15) is 88.9 Å². The Labute approximate surface area is 220 Å². The van der Waals surface area contributed by atoms with Gasteiger partial charge < -0.3 is 14.2 Å². The lowest BCUT2D eigenvalue weighted by Crippen LogP contribution is -2.63. The van der Waals surface area contributed by atoms with Crippen molar-refractivity contribution in [3.63, 3.8) is 0 Å². The molecular formula is C32H40O5. The zero-order chi connectivity index (χ0) is 25.8. The standard InChI is InChI=1S/C32H40O5/c1-4-27(33)35-26-19-32(24-12-6-5-7-13-24)29(28-20(2)14-17-25(28)31(26,3)37-32)36-30(34)23-16-15-21-10-8-9-11-22(21)18-23/h8-11,15-16,18,20,24-26,28-29H,4-7,12-14,17,19H2,1-3H3. The first-order valence-corrected chi connectivity index (χ1v) is 14.4. The van der Waals surface area contributed by atoms with E-state index in [9.17, 15) is 9.59 Å². The minimum absolute atomic E-state index is 0.173. The van der Waals surface area contributed by atoms with Gasteiger partial charge in [-0.1, -0.05) is 63.4 Å². The normalized spacial score (nSPS) is 37.3. The minimum atomic E-state index is -0.611. The van der Waals surface area contributed by atoms with Crippen LogP contribution in [-0.2, 0) is 19.0 Å². The molecule has 2 aliphatic heterocycles. The third kappa shape index (κ3) is 4.00. The van der Waals surface area contributed by atoms with Crippen LogP contribution in [0, 0.1) is 23.7 Å². The summed E-state index contributed by atoms with van der Waals surface area (Å²) in [6, 6.07) is 13.9. The first kappa shape index (κ1) is 24.9. The number of esters is 2. The van der Waals surface area contributed by atoms with Crippen LogP contribution in [-0.4, -0.2) is 35.3 Å². The summed E-state index contributed by atoms with van der Waals surface area (Å²) in [6.07, 6.45) is 8.13. The van der Waals surface area contributed by atoms with Gasteiger partial charge in [0, 0.05) is 18.8 Å².